The molecule has 0 spiro atoms. The van der Waals surface area contributed by atoms with Crippen molar-refractivity contribution in [2.24, 2.45) is 7.05 Å². The molecule has 0 aliphatic rings. The van der Waals surface area contributed by atoms with Crippen molar-refractivity contribution < 1.29 is 14.3 Å². The summed E-state index contributed by atoms with van der Waals surface area (Å²) in [7, 11) is 3.71. The van der Waals surface area contributed by atoms with E-state index in [1.165, 1.54) is 17.6 Å². The summed E-state index contributed by atoms with van der Waals surface area (Å²) < 4.78 is 7.58. The summed E-state index contributed by atoms with van der Waals surface area (Å²) >= 11 is 7.26. The van der Waals surface area contributed by atoms with E-state index in [1.54, 1.807) is 35.0 Å². The Balaban J connectivity index is 1.49. The van der Waals surface area contributed by atoms with Gasteiger partial charge in [-0.1, -0.05) is 23.7 Å². The van der Waals surface area contributed by atoms with Crippen LogP contribution in [0.5, 0.6) is 0 Å². The third-order valence-corrected chi connectivity index (χ3v) is 6.67. The number of nitrogens with one attached hydrogen (secondary N) is 1. The van der Waals surface area contributed by atoms with Gasteiger partial charge in [0.2, 0.25) is 5.43 Å². The molecule has 4 aromatic rings. The summed E-state index contributed by atoms with van der Waals surface area (Å²) in [6, 6.07) is 12.6. The number of aliphatic hydroxyl groups is 1. The van der Waals surface area contributed by atoms with Crippen LogP contribution in [0.3, 0.4) is 0 Å². The zero-order valence-corrected chi connectivity index (χ0v) is 19.8. The Labute approximate surface area is 199 Å². The van der Waals surface area contributed by atoms with Crippen molar-refractivity contribution in [3.63, 3.8) is 0 Å². The van der Waals surface area contributed by atoms with Crippen LogP contribution in [-0.2, 0) is 20.1 Å². The lowest BCUT2D eigenvalue weighted by Gasteiger charge is -2.18. The summed E-state index contributed by atoms with van der Waals surface area (Å²) in [6.45, 7) is 1.24. The monoisotopic (exact) mass is 485 g/mol. The molecule has 0 saturated heterocycles. The first-order valence-electron chi connectivity index (χ1n) is 10.4. The number of benzene rings is 1. The second-order valence-corrected chi connectivity index (χ2v) is 9.52. The number of aryl methyl sites for hydroxylation is 1. The van der Waals surface area contributed by atoms with Crippen molar-refractivity contribution >= 4 is 39.1 Å². The Morgan fingerprint density at radius 1 is 1.30 bits per heavy atom. The highest BCUT2D eigenvalue weighted by molar-refractivity contribution is 7.19. The average molecular weight is 486 g/mol. The Morgan fingerprint density at radius 3 is 2.76 bits per heavy atom. The minimum Gasteiger partial charge on any atom is -0.467 e. The van der Waals surface area contributed by atoms with E-state index in [0.29, 0.717) is 35.1 Å². The van der Waals surface area contributed by atoms with Gasteiger partial charge in [0.1, 0.15) is 17.4 Å². The van der Waals surface area contributed by atoms with Gasteiger partial charge in [0.15, 0.2) is 0 Å². The van der Waals surface area contributed by atoms with Crippen LogP contribution < -0.4 is 10.7 Å². The van der Waals surface area contributed by atoms with E-state index >= 15 is 0 Å². The van der Waals surface area contributed by atoms with Gasteiger partial charge in [-0.2, -0.15) is 0 Å². The van der Waals surface area contributed by atoms with Crippen LogP contribution in [0, 0.1) is 0 Å². The molecule has 1 atom stereocenters. The number of carbonyl (C=O) groups excluding carboxylic acids is 1. The fraction of sp³-hybridized carbons (Fsp3) is 0.250. The average Bonchev–Trinajstić information content (AvgIpc) is 3.46. The lowest BCUT2D eigenvalue weighted by atomic mass is 10.2. The summed E-state index contributed by atoms with van der Waals surface area (Å²) in [6.07, 6.45) is 2.37. The third kappa shape index (κ3) is 5.36. The maximum Gasteiger partial charge on any atom is 0.257 e. The zero-order valence-electron chi connectivity index (χ0n) is 18.2. The van der Waals surface area contributed by atoms with Crippen LogP contribution in [0.2, 0.25) is 5.02 Å². The van der Waals surface area contributed by atoms with Crippen LogP contribution in [0.25, 0.3) is 10.2 Å². The standard InChI is InChI=1S/C24H24ClN3O4S/c1-27(14-20(29)21-4-3-9-32-21)12-17-10-19-23(33-17)22(30)18(13-28(19)2)24(31)26-11-15-5-7-16(25)8-6-15/h3-10,13,20,29H,11-12,14H2,1-2H3,(H,26,31). The predicted octanol–water partition coefficient (Wildman–Crippen LogP) is 3.94. The van der Waals surface area contributed by atoms with Crippen molar-refractivity contribution in [1.29, 1.82) is 0 Å². The molecule has 0 saturated carbocycles. The maximum absolute atomic E-state index is 13.1. The number of carbonyl (C=O) groups is 1. The van der Waals surface area contributed by atoms with Crippen molar-refractivity contribution in [2.75, 3.05) is 13.6 Å². The van der Waals surface area contributed by atoms with Crippen LogP contribution in [0.4, 0.5) is 0 Å². The molecular formula is C24H24ClN3O4S. The van der Waals surface area contributed by atoms with Gasteiger partial charge in [-0.15, -0.1) is 11.3 Å². The van der Waals surface area contributed by atoms with Gasteiger partial charge in [-0.05, 0) is 42.9 Å². The number of halogens is 1. The SMILES string of the molecule is CN(Cc1cc2c(s1)c(=O)c(C(=O)NCc1ccc(Cl)cc1)cn2C)CC(O)c1ccco1. The fourth-order valence-electron chi connectivity index (χ4n) is 3.62. The fourth-order valence-corrected chi connectivity index (χ4v) is 4.97. The van der Waals surface area contributed by atoms with Crippen LogP contribution in [-0.4, -0.2) is 34.1 Å². The first kappa shape index (κ1) is 23.3. The number of furan rings is 1. The molecule has 1 amide bonds. The van der Waals surface area contributed by atoms with Gasteiger partial charge in [0.25, 0.3) is 5.91 Å². The molecule has 3 aromatic heterocycles. The molecule has 0 bridgehead atoms. The Kier molecular flexibility index (Phi) is 6.99. The Bertz CT molecular complexity index is 1310. The minimum absolute atomic E-state index is 0.106. The zero-order chi connectivity index (χ0) is 23.5. The molecular weight excluding hydrogens is 462 g/mol. The number of aliphatic hydroxyl groups excluding tert-OH is 1. The summed E-state index contributed by atoms with van der Waals surface area (Å²) in [4.78, 5) is 28.7. The molecule has 7 nitrogen and oxygen atoms in total. The van der Waals surface area contributed by atoms with Gasteiger partial charge in [-0.3, -0.25) is 14.5 Å². The smallest absolute Gasteiger partial charge is 0.257 e. The Morgan fingerprint density at radius 2 is 2.06 bits per heavy atom. The molecule has 33 heavy (non-hydrogen) atoms. The maximum atomic E-state index is 13.1. The molecule has 0 aliphatic heterocycles. The van der Waals surface area contributed by atoms with Crippen molar-refractivity contribution in [3.8, 4) is 0 Å². The number of hydrogen-bond donors (Lipinski definition) is 2. The summed E-state index contributed by atoms with van der Waals surface area (Å²) in [5.74, 6) is 0.0989. The molecule has 9 heteroatoms. The van der Waals surface area contributed by atoms with Gasteiger partial charge < -0.3 is 19.4 Å². The number of pyridine rings is 1. The van der Waals surface area contributed by atoms with E-state index in [1.807, 2.05) is 37.2 Å². The molecule has 4 rings (SSSR count). The lowest BCUT2D eigenvalue weighted by Crippen LogP contribution is -2.29. The topological polar surface area (TPSA) is 87.7 Å². The van der Waals surface area contributed by atoms with E-state index in [9.17, 15) is 14.7 Å². The number of thiophene rings is 1. The predicted molar refractivity (Wildman–Crippen MR) is 130 cm³/mol. The van der Waals surface area contributed by atoms with Crippen molar-refractivity contribution in [2.45, 2.75) is 19.2 Å². The quantitative estimate of drug-likeness (QED) is 0.394. The van der Waals surface area contributed by atoms with Crippen molar-refractivity contribution in [1.82, 2.24) is 14.8 Å². The van der Waals surface area contributed by atoms with Gasteiger partial charge in [-0.25, -0.2) is 0 Å². The number of amides is 1. The van der Waals surface area contributed by atoms with Crippen LogP contribution in [0.1, 0.15) is 32.7 Å². The van der Waals surface area contributed by atoms with E-state index in [2.05, 4.69) is 5.32 Å². The number of rotatable bonds is 8. The summed E-state index contributed by atoms with van der Waals surface area (Å²) in [5.41, 5.74) is 1.48. The minimum atomic E-state index is -0.735. The van der Waals surface area contributed by atoms with Crippen LogP contribution in [0.15, 0.2) is 64.1 Å². The molecule has 1 unspecified atom stereocenters. The molecule has 0 radical (unpaired) electrons. The third-order valence-electron chi connectivity index (χ3n) is 5.31. The highest BCUT2D eigenvalue weighted by Gasteiger charge is 2.18. The summed E-state index contributed by atoms with van der Waals surface area (Å²) in [5, 5.41) is 13.7. The molecule has 1 aromatic carbocycles. The number of likely N-dealkylation sites (N-methyl/N-ethyl adjacent to an activating group) is 1. The normalized spacial score (nSPS) is 12.4. The van der Waals surface area contributed by atoms with E-state index in [-0.39, 0.29) is 11.0 Å². The van der Waals surface area contributed by atoms with Crippen LogP contribution >= 0.6 is 22.9 Å². The number of hydrogen-bond acceptors (Lipinski definition) is 6. The van der Waals surface area contributed by atoms with Gasteiger partial charge in [0.05, 0.1) is 16.5 Å². The number of fused-ring (bicyclic) bond motifs is 1. The second-order valence-electron chi connectivity index (χ2n) is 7.95. The van der Waals surface area contributed by atoms with E-state index in [4.69, 9.17) is 16.0 Å². The van der Waals surface area contributed by atoms with Gasteiger partial charge in [0, 0.05) is 42.8 Å². The lowest BCUT2D eigenvalue weighted by molar-refractivity contribution is 0.0949. The first-order valence-corrected chi connectivity index (χ1v) is 11.6. The molecule has 0 aliphatic carbocycles. The van der Waals surface area contributed by atoms with Crippen molar-refractivity contribution in [3.05, 3.63) is 91.9 Å². The molecule has 172 valence electrons. The number of nitrogens with zero attached hydrogens (tertiary/aromatic N) is 2. The molecule has 3 heterocycles. The highest BCUT2D eigenvalue weighted by atomic mass is 35.5. The number of aromatic nitrogens is 1. The first-order chi connectivity index (χ1) is 15.8. The largest absolute Gasteiger partial charge is 0.467 e. The van der Waals surface area contributed by atoms with E-state index < -0.39 is 12.0 Å². The highest BCUT2D eigenvalue weighted by Crippen LogP contribution is 2.25. The Hall–Kier alpha value is -2.91. The second kappa shape index (κ2) is 9.93. The molecule has 0 fully saturated rings. The molecule has 2 N–H and O–H groups in total. The van der Waals surface area contributed by atoms with E-state index in [0.717, 1.165) is 16.0 Å². The van der Waals surface area contributed by atoms with Gasteiger partial charge >= 0.3 is 0 Å².